The molecule has 7 heteroatoms. The third-order valence-electron chi connectivity index (χ3n) is 5.89. The van der Waals surface area contributed by atoms with Crippen LogP contribution in [0, 0.1) is 5.92 Å². The third kappa shape index (κ3) is 4.16. The van der Waals surface area contributed by atoms with Gasteiger partial charge in [-0.15, -0.1) is 0 Å². The quantitative estimate of drug-likeness (QED) is 0.281. The van der Waals surface area contributed by atoms with E-state index in [0.717, 1.165) is 12.0 Å². The maximum Gasteiger partial charge on any atom is 0.230 e. The molecular formula is C26H19BrClNO4. The molecule has 1 aliphatic carbocycles. The van der Waals surface area contributed by atoms with Gasteiger partial charge in [0.2, 0.25) is 11.7 Å². The second-order valence-corrected chi connectivity index (χ2v) is 9.26. The van der Waals surface area contributed by atoms with Crippen molar-refractivity contribution in [1.82, 2.24) is 0 Å². The summed E-state index contributed by atoms with van der Waals surface area (Å²) in [6.45, 7) is 0. The largest absolute Gasteiger partial charge is 0.496 e. The van der Waals surface area contributed by atoms with Gasteiger partial charge in [-0.3, -0.25) is 9.59 Å². The molecule has 0 aliphatic heterocycles. The van der Waals surface area contributed by atoms with Gasteiger partial charge in [0.15, 0.2) is 5.76 Å². The smallest absolute Gasteiger partial charge is 0.230 e. The van der Waals surface area contributed by atoms with Crippen LogP contribution in [0.5, 0.6) is 5.75 Å². The van der Waals surface area contributed by atoms with Crippen LogP contribution >= 0.6 is 27.5 Å². The van der Waals surface area contributed by atoms with Gasteiger partial charge in [-0.1, -0.05) is 35.9 Å². The van der Waals surface area contributed by atoms with E-state index >= 15 is 0 Å². The molecule has 5 rings (SSSR count). The van der Waals surface area contributed by atoms with Gasteiger partial charge in [0.05, 0.1) is 17.3 Å². The number of ether oxygens (including phenoxy) is 1. The van der Waals surface area contributed by atoms with Crippen molar-refractivity contribution in [2.45, 2.75) is 12.3 Å². The highest BCUT2D eigenvalue weighted by atomic mass is 79.9. The number of rotatable bonds is 6. The van der Waals surface area contributed by atoms with Crippen molar-refractivity contribution in [2.24, 2.45) is 5.92 Å². The molecule has 5 nitrogen and oxygen atoms in total. The van der Waals surface area contributed by atoms with Crippen LogP contribution < -0.4 is 10.1 Å². The molecule has 1 amide bonds. The Hall–Kier alpha value is -3.09. The summed E-state index contributed by atoms with van der Waals surface area (Å²) in [5.74, 6) is 0.230. The van der Waals surface area contributed by atoms with E-state index < -0.39 is 0 Å². The highest BCUT2D eigenvalue weighted by molar-refractivity contribution is 9.10. The number of halogens is 2. The summed E-state index contributed by atoms with van der Waals surface area (Å²) in [6.07, 6.45) is 0.748. The Balaban J connectivity index is 1.45. The SMILES string of the molecule is COc1ccc(C(=O)c2oc3ccccc3c2NC(=O)C2CC2c2ccc(Cl)cc2)cc1Br. The van der Waals surface area contributed by atoms with Gasteiger partial charge in [-0.2, -0.15) is 0 Å². The van der Waals surface area contributed by atoms with Crippen molar-refractivity contribution < 1.29 is 18.7 Å². The van der Waals surface area contributed by atoms with Crippen LogP contribution in [0.25, 0.3) is 11.0 Å². The lowest BCUT2D eigenvalue weighted by molar-refractivity contribution is -0.117. The molecule has 2 unspecified atom stereocenters. The van der Waals surface area contributed by atoms with Gasteiger partial charge in [0, 0.05) is 21.9 Å². The zero-order valence-electron chi connectivity index (χ0n) is 17.6. The Labute approximate surface area is 203 Å². The number of carbonyl (C=O) groups excluding carboxylic acids is 2. The molecule has 1 aliphatic rings. The van der Waals surface area contributed by atoms with E-state index in [4.69, 9.17) is 20.8 Å². The maximum atomic E-state index is 13.4. The molecule has 0 saturated heterocycles. The number of hydrogen-bond donors (Lipinski definition) is 1. The lowest BCUT2D eigenvalue weighted by Crippen LogP contribution is -2.16. The fraction of sp³-hybridized carbons (Fsp3) is 0.154. The lowest BCUT2D eigenvalue weighted by atomic mass is 10.1. The Morgan fingerprint density at radius 3 is 2.58 bits per heavy atom. The summed E-state index contributed by atoms with van der Waals surface area (Å²) in [4.78, 5) is 26.5. The van der Waals surface area contributed by atoms with E-state index in [2.05, 4.69) is 21.2 Å². The van der Waals surface area contributed by atoms with Crippen LogP contribution in [0.15, 0.2) is 75.6 Å². The van der Waals surface area contributed by atoms with Crippen LogP contribution in [0.3, 0.4) is 0 Å². The molecule has 0 bridgehead atoms. The fourth-order valence-electron chi connectivity index (χ4n) is 4.05. The van der Waals surface area contributed by atoms with E-state index in [1.54, 1.807) is 31.4 Å². The number of ketones is 1. The number of methoxy groups -OCH3 is 1. The summed E-state index contributed by atoms with van der Waals surface area (Å²) in [6, 6.07) is 19.9. The van der Waals surface area contributed by atoms with Crippen molar-refractivity contribution in [3.05, 3.63) is 93.1 Å². The predicted octanol–water partition coefficient (Wildman–Crippen LogP) is 6.83. The standard InChI is InChI=1S/C26H19BrClNO4/c1-32-22-11-8-15(12-20(22)27)24(30)25-23(17-4-2-3-5-21(17)33-25)29-26(31)19-13-18(19)14-6-9-16(28)10-7-14/h2-12,18-19H,13H2,1H3,(H,29,31). The summed E-state index contributed by atoms with van der Waals surface area (Å²) < 4.78 is 11.8. The zero-order valence-corrected chi connectivity index (χ0v) is 19.9. The highest BCUT2D eigenvalue weighted by Crippen LogP contribution is 2.48. The molecule has 0 radical (unpaired) electrons. The maximum absolute atomic E-state index is 13.4. The van der Waals surface area contributed by atoms with Crippen LogP contribution in [-0.2, 0) is 4.79 Å². The van der Waals surface area contributed by atoms with Crippen molar-refractivity contribution in [3.8, 4) is 5.75 Å². The van der Waals surface area contributed by atoms with E-state index in [9.17, 15) is 9.59 Å². The number of para-hydroxylation sites is 1. The topological polar surface area (TPSA) is 68.5 Å². The number of hydrogen-bond acceptors (Lipinski definition) is 4. The van der Waals surface area contributed by atoms with Crippen LogP contribution in [0.1, 0.15) is 34.0 Å². The number of amides is 1. The number of benzene rings is 3. The number of nitrogens with one attached hydrogen (secondary N) is 1. The second-order valence-electron chi connectivity index (χ2n) is 7.97. The van der Waals surface area contributed by atoms with Crippen molar-refractivity contribution in [2.75, 3.05) is 12.4 Å². The fourth-order valence-corrected chi connectivity index (χ4v) is 4.71. The summed E-state index contributed by atoms with van der Waals surface area (Å²) in [7, 11) is 1.56. The second kappa shape index (κ2) is 8.69. The summed E-state index contributed by atoms with van der Waals surface area (Å²) >= 11 is 9.40. The molecule has 4 aromatic rings. The molecule has 1 fully saturated rings. The molecular weight excluding hydrogens is 506 g/mol. The molecule has 1 aromatic heterocycles. The highest BCUT2D eigenvalue weighted by Gasteiger charge is 2.44. The zero-order chi connectivity index (χ0) is 23.1. The molecule has 2 atom stereocenters. The predicted molar refractivity (Wildman–Crippen MR) is 131 cm³/mol. The van der Waals surface area contributed by atoms with Gasteiger partial charge in [0.25, 0.3) is 0 Å². The van der Waals surface area contributed by atoms with Crippen LogP contribution in [0.2, 0.25) is 5.02 Å². The van der Waals surface area contributed by atoms with Gasteiger partial charge in [-0.05, 0) is 76.3 Å². The first-order valence-electron chi connectivity index (χ1n) is 10.4. The Bertz CT molecular complexity index is 1380. The molecule has 3 aromatic carbocycles. The molecule has 33 heavy (non-hydrogen) atoms. The first-order chi connectivity index (χ1) is 16.0. The molecule has 1 N–H and O–H groups in total. The minimum absolute atomic E-state index is 0.102. The van der Waals surface area contributed by atoms with E-state index in [1.165, 1.54) is 0 Å². The number of carbonyl (C=O) groups is 2. The van der Waals surface area contributed by atoms with Crippen molar-refractivity contribution >= 4 is 55.9 Å². The van der Waals surface area contributed by atoms with Crippen LogP contribution in [-0.4, -0.2) is 18.8 Å². The van der Waals surface area contributed by atoms with Gasteiger partial charge in [0.1, 0.15) is 11.3 Å². The Morgan fingerprint density at radius 1 is 1.09 bits per heavy atom. The van der Waals surface area contributed by atoms with Gasteiger partial charge < -0.3 is 14.5 Å². The number of anilines is 1. The van der Waals surface area contributed by atoms with E-state index in [0.29, 0.717) is 37.5 Å². The minimum atomic E-state index is -0.324. The number of furan rings is 1. The lowest BCUT2D eigenvalue weighted by Gasteiger charge is -2.08. The first kappa shape index (κ1) is 21.7. The average Bonchev–Trinajstić information content (AvgIpc) is 3.55. The normalized spacial score (nSPS) is 17.1. The van der Waals surface area contributed by atoms with E-state index in [1.807, 2.05) is 42.5 Å². The summed E-state index contributed by atoms with van der Waals surface area (Å²) in [5.41, 5.74) is 2.43. The average molecular weight is 525 g/mol. The minimum Gasteiger partial charge on any atom is -0.496 e. The molecule has 1 saturated carbocycles. The first-order valence-corrected chi connectivity index (χ1v) is 11.6. The summed E-state index contributed by atoms with van der Waals surface area (Å²) in [5, 5.41) is 4.33. The molecule has 166 valence electrons. The van der Waals surface area contributed by atoms with Gasteiger partial charge >= 0.3 is 0 Å². The molecule has 1 heterocycles. The van der Waals surface area contributed by atoms with Crippen LogP contribution in [0.4, 0.5) is 5.69 Å². The Kier molecular flexibility index (Phi) is 5.72. The molecule has 0 spiro atoms. The Morgan fingerprint density at radius 2 is 1.85 bits per heavy atom. The van der Waals surface area contributed by atoms with Crippen molar-refractivity contribution in [3.63, 3.8) is 0 Å². The number of fused-ring (bicyclic) bond motifs is 1. The third-order valence-corrected chi connectivity index (χ3v) is 6.76. The van der Waals surface area contributed by atoms with Gasteiger partial charge in [-0.25, -0.2) is 0 Å². The van der Waals surface area contributed by atoms with Crippen molar-refractivity contribution in [1.29, 1.82) is 0 Å². The monoisotopic (exact) mass is 523 g/mol. The van der Waals surface area contributed by atoms with E-state index in [-0.39, 0.29) is 29.3 Å².